The molecule has 0 aromatic carbocycles. The number of ether oxygens (including phenoxy) is 2. The molecule has 0 saturated heterocycles. The van der Waals surface area contributed by atoms with Gasteiger partial charge in [-0.05, 0) is 20.8 Å². The molecule has 0 aromatic rings. The fourth-order valence-corrected chi connectivity index (χ4v) is 0.525. The molecular weight excluding hydrogens is 160 g/mol. The predicted molar refractivity (Wildman–Crippen MR) is 42.7 cm³/mol. The molecule has 0 spiro atoms. The van der Waals surface area contributed by atoms with Crippen LogP contribution in [0.2, 0.25) is 0 Å². The molecule has 4 nitrogen and oxygen atoms in total. The number of rotatable bonds is 3. The topological polar surface area (TPSA) is 52.6 Å². The number of carbonyl (C=O) groups is 2. The standard InChI is InChI=1S/C8H14O4/c1-8(2,3)12-7(10)6(9)5-11-4/h5H2,1-4H3. The number of esters is 1. The molecule has 0 heterocycles. The first-order valence-corrected chi connectivity index (χ1v) is 3.62. The van der Waals surface area contributed by atoms with Crippen LogP contribution in [0.5, 0.6) is 0 Å². The van der Waals surface area contributed by atoms with Crippen molar-refractivity contribution in [2.75, 3.05) is 13.7 Å². The van der Waals surface area contributed by atoms with Gasteiger partial charge in [-0.15, -0.1) is 0 Å². The number of ketones is 1. The van der Waals surface area contributed by atoms with Gasteiger partial charge in [0.1, 0.15) is 12.2 Å². The van der Waals surface area contributed by atoms with E-state index in [1.54, 1.807) is 20.8 Å². The zero-order chi connectivity index (χ0) is 9.78. The number of hydrogen-bond donors (Lipinski definition) is 0. The van der Waals surface area contributed by atoms with Gasteiger partial charge in [-0.1, -0.05) is 0 Å². The highest BCUT2D eigenvalue weighted by atomic mass is 16.6. The summed E-state index contributed by atoms with van der Waals surface area (Å²) in [6.45, 7) is 4.87. The van der Waals surface area contributed by atoms with Crippen LogP contribution in [0, 0.1) is 0 Å². The van der Waals surface area contributed by atoms with Crippen LogP contribution in [-0.2, 0) is 19.1 Å². The van der Waals surface area contributed by atoms with E-state index in [1.165, 1.54) is 7.11 Å². The molecule has 0 atom stereocenters. The second-order valence-corrected chi connectivity index (χ2v) is 3.36. The van der Waals surface area contributed by atoms with Crippen LogP contribution in [0.15, 0.2) is 0 Å². The van der Waals surface area contributed by atoms with E-state index in [9.17, 15) is 9.59 Å². The average molecular weight is 174 g/mol. The molecule has 0 unspecified atom stereocenters. The Morgan fingerprint density at radius 3 is 2.08 bits per heavy atom. The molecule has 0 rings (SSSR count). The van der Waals surface area contributed by atoms with E-state index in [2.05, 4.69) is 4.74 Å². The van der Waals surface area contributed by atoms with Gasteiger partial charge in [0.15, 0.2) is 0 Å². The van der Waals surface area contributed by atoms with Crippen molar-refractivity contribution in [3.8, 4) is 0 Å². The summed E-state index contributed by atoms with van der Waals surface area (Å²) in [5, 5.41) is 0. The first-order valence-electron chi connectivity index (χ1n) is 3.62. The van der Waals surface area contributed by atoms with E-state index < -0.39 is 17.4 Å². The molecule has 0 bridgehead atoms. The third kappa shape index (κ3) is 4.85. The highest BCUT2D eigenvalue weighted by Gasteiger charge is 2.22. The van der Waals surface area contributed by atoms with Gasteiger partial charge in [0.25, 0.3) is 5.78 Å². The highest BCUT2D eigenvalue weighted by molar-refractivity contribution is 6.34. The van der Waals surface area contributed by atoms with E-state index in [0.717, 1.165) is 0 Å². The number of methoxy groups -OCH3 is 1. The van der Waals surface area contributed by atoms with Crippen molar-refractivity contribution in [2.24, 2.45) is 0 Å². The second-order valence-electron chi connectivity index (χ2n) is 3.36. The average Bonchev–Trinajstić information content (AvgIpc) is 1.84. The molecule has 0 N–H and O–H groups in total. The molecule has 0 aliphatic carbocycles. The molecule has 0 aliphatic heterocycles. The minimum atomic E-state index is -0.843. The van der Waals surface area contributed by atoms with Gasteiger partial charge in [-0.25, -0.2) is 4.79 Å². The third-order valence-electron chi connectivity index (χ3n) is 0.902. The van der Waals surface area contributed by atoms with Crippen LogP contribution < -0.4 is 0 Å². The van der Waals surface area contributed by atoms with Crippen molar-refractivity contribution in [1.82, 2.24) is 0 Å². The zero-order valence-electron chi connectivity index (χ0n) is 7.84. The summed E-state index contributed by atoms with van der Waals surface area (Å²) in [5.74, 6) is -1.50. The monoisotopic (exact) mass is 174 g/mol. The Morgan fingerprint density at radius 2 is 1.75 bits per heavy atom. The maximum atomic E-state index is 10.9. The van der Waals surface area contributed by atoms with Gasteiger partial charge in [0, 0.05) is 7.11 Å². The largest absolute Gasteiger partial charge is 0.454 e. The molecule has 0 radical (unpaired) electrons. The van der Waals surface area contributed by atoms with Crippen molar-refractivity contribution < 1.29 is 19.1 Å². The van der Waals surface area contributed by atoms with E-state index in [-0.39, 0.29) is 6.61 Å². The summed E-state index contributed by atoms with van der Waals surface area (Å²) < 4.78 is 9.27. The lowest BCUT2D eigenvalue weighted by atomic mass is 10.2. The SMILES string of the molecule is COCC(=O)C(=O)OC(C)(C)C. The van der Waals surface area contributed by atoms with Crippen molar-refractivity contribution in [2.45, 2.75) is 26.4 Å². The summed E-state index contributed by atoms with van der Waals surface area (Å²) in [7, 11) is 1.35. The maximum Gasteiger partial charge on any atom is 0.377 e. The normalized spacial score (nSPS) is 11.0. The van der Waals surface area contributed by atoms with Crippen molar-refractivity contribution in [3.63, 3.8) is 0 Å². The summed E-state index contributed by atoms with van der Waals surface area (Å²) >= 11 is 0. The molecule has 70 valence electrons. The van der Waals surface area contributed by atoms with Gasteiger partial charge in [-0.3, -0.25) is 4.79 Å². The van der Waals surface area contributed by atoms with Gasteiger partial charge in [0.2, 0.25) is 0 Å². The quantitative estimate of drug-likeness (QED) is 0.463. The Bertz CT molecular complexity index is 178. The fraction of sp³-hybridized carbons (Fsp3) is 0.750. The molecule has 0 amide bonds. The lowest BCUT2D eigenvalue weighted by Crippen LogP contribution is -2.30. The van der Waals surface area contributed by atoms with Crippen molar-refractivity contribution >= 4 is 11.8 Å². The zero-order valence-corrected chi connectivity index (χ0v) is 7.84. The lowest BCUT2D eigenvalue weighted by Gasteiger charge is -2.18. The van der Waals surface area contributed by atoms with Crippen molar-refractivity contribution in [1.29, 1.82) is 0 Å². The molecule has 4 heteroatoms. The van der Waals surface area contributed by atoms with E-state index in [1.807, 2.05) is 0 Å². The summed E-state index contributed by atoms with van der Waals surface area (Å²) in [6.07, 6.45) is 0. The fourth-order valence-electron chi connectivity index (χ4n) is 0.525. The first kappa shape index (κ1) is 11.1. The molecule has 0 aliphatic rings. The number of hydrogen-bond acceptors (Lipinski definition) is 4. The summed E-state index contributed by atoms with van der Waals surface area (Å²) in [5.41, 5.74) is -0.625. The maximum absolute atomic E-state index is 10.9. The first-order chi connectivity index (χ1) is 5.37. The minimum Gasteiger partial charge on any atom is -0.454 e. The molecule has 0 aromatic heterocycles. The van der Waals surface area contributed by atoms with Gasteiger partial charge < -0.3 is 9.47 Å². The Labute approximate surface area is 71.8 Å². The van der Waals surface area contributed by atoms with E-state index >= 15 is 0 Å². The molecular formula is C8H14O4. The third-order valence-corrected chi connectivity index (χ3v) is 0.902. The van der Waals surface area contributed by atoms with Crippen LogP contribution in [-0.4, -0.2) is 31.1 Å². The summed E-state index contributed by atoms with van der Waals surface area (Å²) in [6, 6.07) is 0. The Morgan fingerprint density at radius 1 is 1.25 bits per heavy atom. The Kier molecular flexibility index (Phi) is 3.89. The summed E-state index contributed by atoms with van der Waals surface area (Å²) in [4.78, 5) is 21.7. The van der Waals surface area contributed by atoms with Gasteiger partial charge >= 0.3 is 5.97 Å². The van der Waals surface area contributed by atoms with Crippen LogP contribution in [0.3, 0.4) is 0 Å². The second kappa shape index (κ2) is 4.21. The van der Waals surface area contributed by atoms with Gasteiger partial charge in [0.05, 0.1) is 0 Å². The van der Waals surface area contributed by atoms with Crippen molar-refractivity contribution in [3.05, 3.63) is 0 Å². The van der Waals surface area contributed by atoms with Crippen LogP contribution in [0.25, 0.3) is 0 Å². The van der Waals surface area contributed by atoms with Gasteiger partial charge in [-0.2, -0.15) is 0 Å². The smallest absolute Gasteiger partial charge is 0.377 e. The number of Topliss-reactive ketones (excluding diaryl/α,β-unsaturated/α-hetero) is 1. The highest BCUT2D eigenvalue weighted by Crippen LogP contribution is 2.06. The molecule has 0 saturated carbocycles. The van der Waals surface area contributed by atoms with Crippen LogP contribution in [0.1, 0.15) is 20.8 Å². The van der Waals surface area contributed by atoms with E-state index in [0.29, 0.717) is 0 Å². The lowest BCUT2D eigenvalue weighted by molar-refractivity contribution is -0.163. The van der Waals surface area contributed by atoms with E-state index in [4.69, 9.17) is 4.74 Å². The minimum absolute atomic E-state index is 0.227. The Hall–Kier alpha value is -0.900. The predicted octanol–water partition coefficient (Wildman–Crippen LogP) is 0.544. The number of carbonyl (C=O) groups excluding carboxylic acids is 2. The van der Waals surface area contributed by atoms with Crippen LogP contribution in [0.4, 0.5) is 0 Å². The Balaban J connectivity index is 3.97. The van der Waals surface area contributed by atoms with Crippen LogP contribution >= 0.6 is 0 Å². The molecule has 12 heavy (non-hydrogen) atoms. The molecule has 0 fully saturated rings.